The van der Waals surface area contributed by atoms with Gasteiger partial charge in [0.2, 0.25) is 0 Å². The molecule has 1 atom stereocenters. The number of carbonyl (C=O) groups excluding carboxylic acids is 1. The van der Waals surface area contributed by atoms with Gasteiger partial charge in [-0.2, -0.15) is 14.8 Å². The molecule has 2 rings (SSSR count). The Bertz CT molecular complexity index is 622. The van der Waals surface area contributed by atoms with Crippen LogP contribution in [0.4, 0.5) is 0 Å². The minimum absolute atomic E-state index is 0.145. The van der Waals surface area contributed by atoms with Gasteiger partial charge in [-0.05, 0) is 12.1 Å². The maximum atomic E-state index is 12.2. The van der Waals surface area contributed by atoms with E-state index in [0.29, 0.717) is 11.1 Å². The molecule has 1 unspecified atom stereocenters. The molecule has 2 aromatic rings. The van der Waals surface area contributed by atoms with Gasteiger partial charge in [0.1, 0.15) is 5.52 Å². The average Bonchev–Trinajstić information content (AvgIpc) is 2.81. The summed E-state index contributed by atoms with van der Waals surface area (Å²) in [7, 11) is 1.57. The van der Waals surface area contributed by atoms with E-state index in [9.17, 15) is 9.59 Å². The molecule has 0 aliphatic heterocycles. The Morgan fingerprint density at radius 3 is 2.89 bits per heavy atom. The fraction of sp³-hybridized carbons (Fsp3) is 0.333. The van der Waals surface area contributed by atoms with Gasteiger partial charge < -0.3 is 10.0 Å². The van der Waals surface area contributed by atoms with Crippen molar-refractivity contribution < 1.29 is 14.7 Å². The number of rotatable bonds is 4. The van der Waals surface area contributed by atoms with Crippen LogP contribution in [0.5, 0.6) is 0 Å². The summed E-state index contributed by atoms with van der Waals surface area (Å²) >= 11 is 0. The predicted molar refractivity (Wildman–Crippen MR) is 66.7 cm³/mol. The highest BCUT2D eigenvalue weighted by Crippen LogP contribution is 2.12. The van der Waals surface area contributed by atoms with Gasteiger partial charge in [0, 0.05) is 19.8 Å². The molecule has 0 aromatic carbocycles. The lowest BCUT2D eigenvalue weighted by Crippen LogP contribution is -2.33. The zero-order valence-corrected chi connectivity index (χ0v) is 10.6. The zero-order chi connectivity index (χ0) is 14.0. The average molecular weight is 262 g/mol. The third-order valence-corrected chi connectivity index (χ3v) is 2.85. The molecule has 2 heterocycles. The second kappa shape index (κ2) is 5.05. The van der Waals surface area contributed by atoms with Crippen LogP contribution < -0.4 is 0 Å². The summed E-state index contributed by atoms with van der Waals surface area (Å²) in [6.45, 7) is 1.70. The third-order valence-electron chi connectivity index (χ3n) is 2.85. The van der Waals surface area contributed by atoms with E-state index in [2.05, 4.69) is 10.2 Å². The first-order valence-electron chi connectivity index (χ1n) is 5.78. The van der Waals surface area contributed by atoms with Gasteiger partial charge >= 0.3 is 5.97 Å². The van der Waals surface area contributed by atoms with Crippen molar-refractivity contribution in [3.63, 3.8) is 0 Å². The summed E-state index contributed by atoms with van der Waals surface area (Å²) in [6.07, 6.45) is 3.01. The highest BCUT2D eigenvalue weighted by molar-refractivity contribution is 6.00. The third kappa shape index (κ3) is 2.54. The molecule has 0 aliphatic rings. The number of carboxylic acids is 1. The Kier molecular flexibility index (Phi) is 3.46. The van der Waals surface area contributed by atoms with Gasteiger partial charge in [-0.3, -0.25) is 9.59 Å². The fourth-order valence-electron chi connectivity index (χ4n) is 1.77. The summed E-state index contributed by atoms with van der Waals surface area (Å²) in [6, 6.07) is 3.45. The monoisotopic (exact) mass is 262 g/mol. The number of amides is 1. The lowest BCUT2D eigenvalue weighted by molar-refractivity contribution is -0.141. The van der Waals surface area contributed by atoms with Crippen LogP contribution in [-0.2, 0) is 4.79 Å². The van der Waals surface area contributed by atoms with Crippen LogP contribution in [0.1, 0.15) is 17.3 Å². The molecule has 7 nitrogen and oxygen atoms in total. The van der Waals surface area contributed by atoms with E-state index in [4.69, 9.17) is 5.11 Å². The standard InChI is InChI=1S/C12H14N4O3/c1-8(12(18)19)7-15(2)11(17)9-6-14-16-10(9)4-3-5-13-16/h3-6,8H,7H2,1-2H3,(H,18,19). The van der Waals surface area contributed by atoms with Crippen LogP contribution in [0.2, 0.25) is 0 Å². The van der Waals surface area contributed by atoms with Crippen molar-refractivity contribution in [3.8, 4) is 0 Å². The number of aliphatic carboxylic acids is 1. The molecule has 0 bridgehead atoms. The van der Waals surface area contributed by atoms with Crippen LogP contribution in [0, 0.1) is 5.92 Å². The van der Waals surface area contributed by atoms with Gasteiger partial charge in [-0.15, -0.1) is 0 Å². The normalized spacial score (nSPS) is 12.3. The smallest absolute Gasteiger partial charge is 0.308 e. The minimum atomic E-state index is -0.929. The van der Waals surface area contributed by atoms with Crippen molar-refractivity contribution in [1.29, 1.82) is 0 Å². The zero-order valence-electron chi connectivity index (χ0n) is 10.6. The molecule has 0 fully saturated rings. The number of hydrogen-bond acceptors (Lipinski definition) is 4. The molecule has 2 aromatic heterocycles. The molecule has 1 amide bonds. The highest BCUT2D eigenvalue weighted by Gasteiger charge is 2.21. The van der Waals surface area contributed by atoms with E-state index in [1.54, 1.807) is 32.3 Å². The number of hydrogen-bond donors (Lipinski definition) is 1. The largest absolute Gasteiger partial charge is 0.481 e. The molecule has 100 valence electrons. The van der Waals surface area contributed by atoms with Crippen molar-refractivity contribution in [3.05, 3.63) is 30.1 Å². The van der Waals surface area contributed by atoms with Crippen LogP contribution >= 0.6 is 0 Å². The number of nitrogens with zero attached hydrogens (tertiary/aromatic N) is 4. The van der Waals surface area contributed by atoms with E-state index in [-0.39, 0.29) is 12.5 Å². The molecule has 0 spiro atoms. The second-order valence-electron chi connectivity index (χ2n) is 4.38. The molecule has 19 heavy (non-hydrogen) atoms. The Labute approximate surface area is 109 Å². The first-order chi connectivity index (χ1) is 9.00. The number of carboxylic acid groups (broad SMARTS) is 1. The van der Waals surface area contributed by atoms with Crippen molar-refractivity contribution in [2.45, 2.75) is 6.92 Å². The lowest BCUT2D eigenvalue weighted by atomic mass is 10.1. The van der Waals surface area contributed by atoms with Gasteiger partial charge in [-0.25, -0.2) is 0 Å². The van der Waals surface area contributed by atoms with Crippen LogP contribution in [-0.4, -0.2) is 50.3 Å². The van der Waals surface area contributed by atoms with E-state index < -0.39 is 11.9 Å². The fourth-order valence-corrected chi connectivity index (χ4v) is 1.77. The van der Waals surface area contributed by atoms with Gasteiger partial charge in [-0.1, -0.05) is 6.92 Å². The summed E-state index contributed by atoms with van der Waals surface area (Å²) in [4.78, 5) is 24.4. The summed E-state index contributed by atoms with van der Waals surface area (Å²) in [5, 5.41) is 16.8. The number of carbonyl (C=O) groups is 2. The van der Waals surface area contributed by atoms with Crippen LogP contribution in [0.15, 0.2) is 24.5 Å². The Balaban J connectivity index is 2.22. The number of fused-ring (bicyclic) bond motifs is 1. The maximum Gasteiger partial charge on any atom is 0.308 e. The van der Waals surface area contributed by atoms with E-state index in [1.165, 1.54) is 15.7 Å². The highest BCUT2D eigenvalue weighted by atomic mass is 16.4. The van der Waals surface area contributed by atoms with Crippen LogP contribution in [0.3, 0.4) is 0 Å². The van der Waals surface area contributed by atoms with E-state index in [1.807, 2.05) is 0 Å². The minimum Gasteiger partial charge on any atom is -0.481 e. The van der Waals surface area contributed by atoms with Crippen molar-refractivity contribution in [2.24, 2.45) is 5.92 Å². The molecule has 0 saturated heterocycles. The summed E-state index contributed by atoms with van der Waals surface area (Å²) < 4.78 is 1.36. The molecular formula is C12H14N4O3. The second-order valence-corrected chi connectivity index (χ2v) is 4.38. The molecule has 7 heteroatoms. The van der Waals surface area contributed by atoms with Crippen molar-refractivity contribution in [2.75, 3.05) is 13.6 Å². The quantitative estimate of drug-likeness (QED) is 0.868. The van der Waals surface area contributed by atoms with Crippen LogP contribution in [0.25, 0.3) is 5.52 Å². The predicted octanol–water partition coefficient (Wildman–Crippen LogP) is 0.522. The Morgan fingerprint density at radius 1 is 1.47 bits per heavy atom. The van der Waals surface area contributed by atoms with Crippen molar-refractivity contribution in [1.82, 2.24) is 19.7 Å². The summed E-state index contributed by atoms with van der Waals surface area (Å²) in [5.41, 5.74) is 1.01. The first-order valence-corrected chi connectivity index (χ1v) is 5.78. The lowest BCUT2D eigenvalue weighted by Gasteiger charge is -2.18. The molecule has 0 radical (unpaired) electrons. The van der Waals surface area contributed by atoms with Gasteiger partial charge in [0.05, 0.1) is 17.7 Å². The summed E-state index contributed by atoms with van der Waals surface area (Å²) in [5.74, 6) is -1.81. The Hall–Kier alpha value is -2.44. The Morgan fingerprint density at radius 2 is 2.21 bits per heavy atom. The topological polar surface area (TPSA) is 87.8 Å². The molecule has 1 N–H and O–H groups in total. The van der Waals surface area contributed by atoms with E-state index in [0.717, 1.165) is 0 Å². The number of aromatic nitrogens is 3. The molecular weight excluding hydrogens is 248 g/mol. The van der Waals surface area contributed by atoms with Crippen molar-refractivity contribution >= 4 is 17.4 Å². The van der Waals surface area contributed by atoms with E-state index >= 15 is 0 Å². The SMILES string of the molecule is CC(CN(C)C(=O)c1cnn2ncccc12)C(=O)O. The molecule has 0 aliphatic carbocycles. The van der Waals surface area contributed by atoms with Gasteiger partial charge in [0.25, 0.3) is 5.91 Å². The molecule has 0 saturated carbocycles. The first kappa shape index (κ1) is 13.0. The van der Waals surface area contributed by atoms with Gasteiger partial charge in [0.15, 0.2) is 0 Å². The maximum absolute atomic E-state index is 12.2.